The Kier molecular flexibility index (Phi) is 6.07. The molecule has 1 aliphatic heterocycles. The predicted octanol–water partition coefficient (Wildman–Crippen LogP) is 4.76. The molecule has 0 radical (unpaired) electrons. The lowest BCUT2D eigenvalue weighted by Gasteiger charge is -2.24. The third-order valence-electron chi connectivity index (χ3n) is 5.88. The number of para-hydroxylation sites is 2. The van der Waals surface area contributed by atoms with Gasteiger partial charge in [0.1, 0.15) is 16.8 Å². The number of nitrogens with zero attached hydrogens (tertiary/aromatic N) is 2. The molecule has 0 spiro atoms. The third kappa shape index (κ3) is 4.18. The van der Waals surface area contributed by atoms with E-state index >= 15 is 0 Å². The fourth-order valence-electron chi connectivity index (χ4n) is 4.16. The van der Waals surface area contributed by atoms with Crippen molar-refractivity contribution in [1.82, 2.24) is 9.29 Å². The van der Waals surface area contributed by atoms with Gasteiger partial charge in [0.25, 0.3) is 0 Å². The number of carbonyl (C=O) groups excluding carboxylic acids is 1. The van der Waals surface area contributed by atoms with Crippen molar-refractivity contribution in [2.75, 3.05) is 19.0 Å². The van der Waals surface area contributed by atoms with Crippen molar-refractivity contribution in [2.24, 2.45) is 0 Å². The highest BCUT2D eigenvalue weighted by Gasteiger charge is 2.39. The van der Waals surface area contributed by atoms with E-state index in [0.29, 0.717) is 30.8 Å². The molecule has 1 aromatic heterocycles. The van der Waals surface area contributed by atoms with Gasteiger partial charge in [-0.05, 0) is 61.4 Å². The molecule has 1 amide bonds. The van der Waals surface area contributed by atoms with Crippen molar-refractivity contribution in [3.8, 4) is 16.3 Å². The van der Waals surface area contributed by atoms with E-state index < -0.39 is 16.1 Å². The van der Waals surface area contributed by atoms with Gasteiger partial charge in [0.15, 0.2) is 0 Å². The van der Waals surface area contributed by atoms with Gasteiger partial charge in [-0.1, -0.05) is 24.3 Å². The average molecular weight is 494 g/mol. The Bertz CT molecular complexity index is 1420. The number of hydrogen-bond donors (Lipinski definition) is 1. The molecule has 5 rings (SSSR count). The van der Waals surface area contributed by atoms with Crippen LogP contribution in [-0.2, 0) is 14.8 Å². The topological polar surface area (TPSA) is 88.6 Å². The summed E-state index contributed by atoms with van der Waals surface area (Å²) in [6.45, 7) is 0.298. The molecule has 7 nitrogen and oxygen atoms in total. The van der Waals surface area contributed by atoms with Crippen molar-refractivity contribution < 1.29 is 17.9 Å². The van der Waals surface area contributed by atoms with Crippen LogP contribution in [0, 0.1) is 0 Å². The van der Waals surface area contributed by atoms with Crippen LogP contribution in [0.3, 0.4) is 0 Å². The number of rotatable bonds is 6. The summed E-state index contributed by atoms with van der Waals surface area (Å²) >= 11 is 1.55. The van der Waals surface area contributed by atoms with E-state index in [-0.39, 0.29) is 10.8 Å². The van der Waals surface area contributed by atoms with Gasteiger partial charge in [-0.15, -0.1) is 11.3 Å². The van der Waals surface area contributed by atoms with E-state index in [1.54, 1.807) is 23.5 Å². The second-order valence-corrected chi connectivity index (χ2v) is 10.9. The van der Waals surface area contributed by atoms with E-state index in [4.69, 9.17) is 9.72 Å². The molecule has 1 fully saturated rings. The predicted molar refractivity (Wildman–Crippen MR) is 134 cm³/mol. The van der Waals surface area contributed by atoms with Crippen LogP contribution in [0.4, 0.5) is 5.69 Å². The van der Waals surface area contributed by atoms with Crippen molar-refractivity contribution in [3.63, 3.8) is 0 Å². The number of thiazole rings is 1. The number of benzene rings is 3. The van der Waals surface area contributed by atoms with Crippen LogP contribution in [-0.4, -0.2) is 43.3 Å². The zero-order valence-electron chi connectivity index (χ0n) is 18.5. The van der Waals surface area contributed by atoms with Gasteiger partial charge in [0.2, 0.25) is 15.9 Å². The number of carbonyl (C=O) groups is 1. The minimum atomic E-state index is -3.82. The van der Waals surface area contributed by atoms with Crippen LogP contribution in [0.5, 0.6) is 5.75 Å². The van der Waals surface area contributed by atoms with Gasteiger partial charge in [-0.25, -0.2) is 13.4 Å². The normalized spacial score (nSPS) is 16.6. The van der Waals surface area contributed by atoms with Crippen LogP contribution in [0.25, 0.3) is 20.8 Å². The molecule has 1 aliphatic rings. The quantitative estimate of drug-likeness (QED) is 0.418. The second kappa shape index (κ2) is 9.17. The standard InChI is InChI=1S/C25H23N3O4S2/c1-32-17-12-14-18(15-13-17)34(30,31)28-16-6-10-22(28)24(29)26-20-8-3-2-7-19(20)25-27-21-9-4-5-11-23(21)33-25/h2-5,7-9,11-15,22H,6,10,16H2,1H3,(H,26,29). The molecule has 0 bridgehead atoms. The average Bonchev–Trinajstić information content (AvgIpc) is 3.52. The Labute approximate surface area is 202 Å². The minimum absolute atomic E-state index is 0.142. The highest BCUT2D eigenvalue weighted by atomic mass is 32.2. The van der Waals surface area contributed by atoms with Gasteiger partial charge in [-0.3, -0.25) is 4.79 Å². The smallest absolute Gasteiger partial charge is 0.243 e. The molecule has 4 aromatic rings. The summed E-state index contributed by atoms with van der Waals surface area (Å²) in [4.78, 5) is 18.2. The SMILES string of the molecule is COc1ccc(S(=O)(=O)N2CCCC2C(=O)Nc2ccccc2-c2nc3ccccc3s2)cc1. The largest absolute Gasteiger partial charge is 0.497 e. The lowest BCUT2D eigenvalue weighted by molar-refractivity contribution is -0.119. The Balaban J connectivity index is 1.41. The first kappa shape index (κ1) is 22.5. The van der Waals surface area contributed by atoms with Crippen LogP contribution in [0.2, 0.25) is 0 Å². The van der Waals surface area contributed by atoms with E-state index in [9.17, 15) is 13.2 Å². The number of aromatic nitrogens is 1. The van der Waals surface area contributed by atoms with E-state index in [0.717, 1.165) is 20.8 Å². The number of amides is 1. The van der Waals surface area contributed by atoms with Crippen molar-refractivity contribution in [2.45, 2.75) is 23.8 Å². The summed E-state index contributed by atoms with van der Waals surface area (Å²) in [5.74, 6) is 0.226. The highest BCUT2D eigenvalue weighted by Crippen LogP contribution is 2.35. The first-order valence-corrected chi connectivity index (χ1v) is 13.1. The molecule has 1 saturated heterocycles. The Hall–Kier alpha value is -3.27. The fourth-order valence-corrected chi connectivity index (χ4v) is 6.82. The summed E-state index contributed by atoms with van der Waals surface area (Å²) in [5, 5.41) is 3.77. The van der Waals surface area contributed by atoms with Gasteiger partial charge in [0, 0.05) is 12.1 Å². The highest BCUT2D eigenvalue weighted by molar-refractivity contribution is 7.89. The lowest BCUT2D eigenvalue weighted by atomic mass is 10.1. The third-order valence-corrected chi connectivity index (χ3v) is 8.87. The first-order chi connectivity index (χ1) is 16.5. The summed E-state index contributed by atoms with van der Waals surface area (Å²) in [5.41, 5.74) is 2.32. The summed E-state index contributed by atoms with van der Waals surface area (Å²) in [6, 6.07) is 20.8. The number of nitrogens with one attached hydrogen (secondary N) is 1. The maximum atomic E-state index is 13.3. The van der Waals surface area contributed by atoms with E-state index in [1.165, 1.54) is 23.5 Å². The van der Waals surface area contributed by atoms with E-state index in [1.807, 2.05) is 48.5 Å². The lowest BCUT2D eigenvalue weighted by Crippen LogP contribution is -2.43. The van der Waals surface area contributed by atoms with Gasteiger partial charge in [0.05, 0.1) is 27.9 Å². The number of hydrogen-bond acceptors (Lipinski definition) is 6. The number of anilines is 1. The molecular formula is C25H23N3O4S2. The number of methoxy groups -OCH3 is 1. The molecule has 9 heteroatoms. The van der Waals surface area contributed by atoms with Crippen molar-refractivity contribution in [3.05, 3.63) is 72.8 Å². The molecule has 1 atom stereocenters. The minimum Gasteiger partial charge on any atom is -0.497 e. The summed E-state index contributed by atoms with van der Waals surface area (Å²) < 4.78 is 34.1. The zero-order valence-corrected chi connectivity index (χ0v) is 20.1. The van der Waals surface area contributed by atoms with Crippen molar-refractivity contribution in [1.29, 1.82) is 0 Å². The monoisotopic (exact) mass is 493 g/mol. The number of sulfonamides is 1. The second-order valence-electron chi connectivity index (χ2n) is 7.97. The van der Waals surface area contributed by atoms with E-state index in [2.05, 4.69) is 5.32 Å². The van der Waals surface area contributed by atoms with Gasteiger partial charge < -0.3 is 10.1 Å². The Morgan fingerprint density at radius 3 is 2.56 bits per heavy atom. The van der Waals surface area contributed by atoms with Crippen LogP contribution in [0.1, 0.15) is 12.8 Å². The maximum Gasteiger partial charge on any atom is 0.243 e. The first-order valence-electron chi connectivity index (χ1n) is 10.9. The molecule has 2 heterocycles. The molecular weight excluding hydrogens is 470 g/mol. The fraction of sp³-hybridized carbons (Fsp3) is 0.200. The zero-order chi connectivity index (χ0) is 23.7. The Morgan fingerprint density at radius 1 is 1.06 bits per heavy atom. The molecule has 1 N–H and O–H groups in total. The summed E-state index contributed by atoms with van der Waals surface area (Å²) in [6.07, 6.45) is 1.08. The Morgan fingerprint density at radius 2 is 1.79 bits per heavy atom. The number of fused-ring (bicyclic) bond motifs is 1. The van der Waals surface area contributed by atoms with Crippen LogP contribution in [0.15, 0.2) is 77.7 Å². The molecule has 0 saturated carbocycles. The van der Waals surface area contributed by atoms with Crippen molar-refractivity contribution >= 4 is 43.2 Å². The van der Waals surface area contributed by atoms with Gasteiger partial charge >= 0.3 is 0 Å². The van der Waals surface area contributed by atoms with Crippen LogP contribution >= 0.6 is 11.3 Å². The maximum absolute atomic E-state index is 13.3. The molecule has 174 valence electrons. The number of ether oxygens (including phenoxy) is 1. The van der Waals surface area contributed by atoms with Gasteiger partial charge in [-0.2, -0.15) is 4.31 Å². The molecule has 34 heavy (non-hydrogen) atoms. The van der Waals surface area contributed by atoms with Crippen LogP contribution < -0.4 is 10.1 Å². The molecule has 3 aromatic carbocycles. The molecule has 0 aliphatic carbocycles. The summed E-state index contributed by atoms with van der Waals surface area (Å²) in [7, 11) is -2.30. The molecule has 1 unspecified atom stereocenters.